The first-order valence-electron chi connectivity index (χ1n) is 7.02. The van der Waals surface area contributed by atoms with E-state index < -0.39 is 23.8 Å². The van der Waals surface area contributed by atoms with Crippen LogP contribution < -0.4 is 4.74 Å². The molecule has 3 rings (SSSR count). The lowest BCUT2D eigenvalue weighted by molar-refractivity contribution is -0.193. The lowest BCUT2D eigenvalue weighted by Crippen LogP contribution is -2.46. The number of alkyl halides is 3. The number of rotatable bonds is 0. The molecule has 1 heterocycles. The Bertz CT molecular complexity index is 536. The van der Waals surface area contributed by atoms with E-state index in [-0.39, 0.29) is 12.8 Å². The molecule has 21 heavy (non-hydrogen) atoms. The predicted molar refractivity (Wildman–Crippen MR) is 75.1 cm³/mol. The zero-order chi connectivity index (χ0) is 15.3. The summed E-state index contributed by atoms with van der Waals surface area (Å²) in [5, 5.41) is 10.3. The summed E-state index contributed by atoms with van der Waals surface area (Å²) in [4.78, 5) is 0. The molecule has 0 saturated heterocycles. The Hall–Kier alpha value is -0.750. The van der Waals surface area contributed by atoms with Crippen molar-refractivity contribution in [1.29, 1.82) is 0 Å². The zero-order valence-electron chi connectivity index (χ0n) is 11.3. The summed E-state index contributed by atoms with van der Waals surface area (Å²) in [6, 6.07) is 5.37. The van der Waals surface area contributed by atoms with Crippen molar-refractivity contribution in [2.45, 2.75) is 50.0 Å². The van der Waals surface area contributed by atoms with Gasteiger partial charge < -0.3 is 9.84 Å². The van der Waals surface area contributed by atoms with Gasteiger partial charge in [0.1, 0.15) is 11.4 Å². The second-order valence-corrected chi connectivity index (χ2v) is 6.92. The molecule has 1 aliphatic heterocycles. The smallest absolute Gasteiger partial charge is 0.391 e. The van der Waals surface area contributed by atoms with Crippen LogP contribution in [0, 0.1) is 5.92 Å². The fraction of sp³-hybridized carbons (Fsp3) is 0.600. The first-order valence-corrected chi connectivity index (χ1v) is 7.82. The largest absolute Gasteiger partial charge is 0.487 e. The number of fused-ring (bicyclic) bond motifs is 1. The van der Waals surface area contributed by atoms with E-state index in [4.69, 9.17) is 4.74 Å². The van der Waals surface area contributed by atoms with Crippen LogP contribution in [-0.4, -0.2) is 16.9 Å². The fourth-order valence-electron chi connectivity index (χ4n) is 3.39. The maximum atomic E-state index is 12.8. The van der Waals surface area contributed by atoms with Gasteiger partial charge in [0.25, 0.3) is 0 Å². The van der Waals surface area contributed by atoms with Crippen LogP contribution in [0.1, 0.15) is 43.8 Å². The highest BCUT2D eigenvalue weighted by atomic mass is 79.9. The van der Waals surface area contributed by atoms with Crippen molar-refractivity contribution in [3.8, 4) is 5.75 Å². The molecule has 1 aromatic rings. The van der Waals surface area contributed by atoms with Crippen molar-refractivity contribution in [3.63, 3.8) is 0 Å². The molecule has 0 radical (unpaired) electrons. The van der Waals surface area contributed by atoms with Gasteiger partial charge in [-0.05, 0) is 43.9 Å². The maximum absolute atomic E-state index is 12.8. The Morgan fingerprint density at radius 1 is 1.24 bits per heavy atom. The van der Waals surface area contributed by atoms with Gasteiger partial charge >= 0.3 is 6.18 Å². The van der Waals surface area contributed by atoms with Gasteiger partial charge in [-0.3, -0.25) is 0 Å². The van der Waals surface area contributed by atoms with Crippen LogP contribution >= 0.6 is 15.9 Å². The van der Waals surface area contributed by atoms with Crippen LogP contribution in [0.15, 0.2) is 22.7 Å². The number of aliphatic hydroxyl groups is 1. The molecule has 0 aromatic heterocycles. The molecule has 1 N–H and O–H groups in total. The molecule has 0 bridgehead atoms. The average Bonchev–Trinajstić information content (AvgIpc) is 2.39. The number of benzene rings is 1. The second kappa shape index (κ2) is 5.16. The standard InChI is InChI=1S/C15H16BrF3O2/c16-10-1-2-13-11(7-10)12(20)8-14(21-13)5-3-9(4-6-14)15(17,18)19/h1-2,7,9,12,20H,3-6,8H2/t9?,12-,14?/m1/s1. The van der Waals surface area contributed by atoms with Crippen molar-refractivity contribution in [1.82, 2.24) is 0 Å². The van der Waals surface area contributed by atoms with Crippen molar-refractivity contribution in [2.24, 2.45) is 5.92 Å². The number of aliphatic hydroxyl groups excluding tert-OH is 1. The van der Waals surface area contributed by atoms with Crippen LogP contribution in [0.4, 0.5) is 13.2 Å². The topological polar surface area (TPSA) is 29.5 Å². The summed E-state index contributed by atoms with van der Waals surface area (Å²) >= 11 is 3.34. The van der Waals surface area contributed by atoms with Crippen molar-refractivity contribution < 1.29 is 23.0 Å². The molecule has 1 fully saturated rings. The van der Waals surface area contributed by atoms with E-state index in [9.17, 15) is 18.3 Å². The first-order chi connectivity index (χ1) is 9.79. The molecule has 6 heteroatoms. The van der Waals surface area contributed by atoms with Gasteiger partial charge in [-0.25, -0.2) is 0 Å². The minimum Gasteiger partial charge on any atom is -0.487 e. The van der Waals surface area contributed by atoms with Gasteiger partial charge in [0.15, 0.2) is 0 Å². The third-order valence-corrected chi connectivity index (χ3v) is 5.08. The fourth-order valence-corrected chi connectivity index (χ4v) is 3.77. The van der Waals surface area contributed by atoms with Gasteiger partial charge in [-0.1, -0.05) is 15.9 Å². The lowest BCUT2D eigenvalue weighted by atomic mass is 9.74. The molecule has 0 unspecified atom stereocenters. The van der Waals surface area contributed by atoms with Crippen molar-refractivity contribution in [3.05, 3.63) is 28.2 Å². The lowest BCUT2D eigenvalue weighted by Gasteiger charge is -2.45. The van der Waals surface area contributed by atoms with Crippen molar-refractivity contribution >= 4 is 15.9 Å². The van der Waals surface area contributed by atoms with E-state index in [2.05, 4.69) is 15.9 Å². The molecule has 1 saturated carbocycles. The summed E-state index contributed by atoms with van der Waals surface area (Å²) in [7, 11) is 0. The summed E-state index contributed by atoms with van der Waals surface area (Å²) in [5.74, 6) is -0.655. The summed E-state index contributed by atoms with van der Waals surface area (Å²) < 4.78 is 45.1. The second-order valence-electron chi connectivity index (χ2n) is 6.00. The predicted octanol–water partition coefficient (Wildman–Crippen LogP) is 4.76. The number of hydrogen-bond acceptors (Lipinski definition) is 2. The Balaban J connectivity index is 1.79. The minimum atomic E-state index is -4.13. The molecule has 2 nitrogen and oxygen atoms in total. The molecule has 116 valence electrons. The highest BCUT2D eigenvalue weighted by molar-refractivity contribution is 9.10. The van der Waals surface area contributed by atoms with E-state index in [1.807, 2.05) is 6.07 Å². The molecule has 1 aliphatic carbocycles. The third kappa shape index (κ3) is 2.93. The molecular weight excluding hydrogens is 349 g/mol. The Morgan fingerprint density at radius 2 is 1.90 bits per heavy atom. The van der Waals surface area contributed by atoms with E-state index in [0.717, 1.165) is 4.47 Å². The monoisotopic (exact) mass is 364 g/mol. The van der Waals surface area contributed by atoms with E-state index in [1.165, 1.54) is 0 Å². The van der Waals surface area contributed by atoms with Gasteiger partial charge in [0.2, 0.25) is 0 Å². The summed E-state index contributed by atoms with van der Waals surface area (Å²) in [6.45, 7) is 0. The highest BCUT2D eigenvalue weighted by Gasteiger charge is 2.49. The highest BCUT2D eigenvalue weighted by Crippen LogP contribution is 2.50. The van der Waals surface area contributed by atoms with E-state index >= 15 is 0 Å². The molecule has 1 atom stereocenters. The minimum absolute atomic E-state index is 0.0715. The van der Waals surface area contributed by atoms with Gasteiger partial charge in [0.05, 0.1) is 12.0 Å². The van der Waals surface area contributed by atoms with E-state index in [0.29, 0.717) is 30.6 Å². The SMILES string of the molecule is O[C@@H]1CC2(CCC(C(F)(F)F)CC2)Oc2ccc(Br)cc21. The molecule has 2 aliphatic rings. The number of halogens is 4. The van der Waals surface area contributed by atoms with Crippen LogP contribution in [0.5, 0.6) is 5.75 Å². The first kappa shape index (κ1) is 15.2. The molecular formula is C15H16BrF3O2. The normalized spacial score (nSPS) is 32.6. The molecule has 1 aromatic carbocycles. The zero-order valence-corrected chi connectivity index (χ0v) is 12.9. The van der Waals surface area contributed by atoms with Gasteiger partial charge in [0, 0.05) is 16.5 Å². The van der Waals surface area contributed by atoms with Crippen molar-refractivity contribution in [2.75, 3.05) is 0 Å². The van der Waals surface area contributed by atoms with Gasteiger partial charge in [-0.15, -0.1) is 0 Å². The van der Waals surface area contributed by atoms with Crippen LogP contribution in [0.25, 0.3) is 0 Å². The molecule has 0 amide bonds. The summed E-state index contributed by atoms with van der Waals surface area (Å²) in [5.41, 5.74) is 0.0510. The van der Waals surface area contributed by atoms with Crippen LogP contribution in [0.2, 0.25) is 0 Å². The number of ether oxygens (including phenoxy) is 1. The molecule has 1 spiro atoms. The number of hydrogen-bond donors (Lipinski definition) is 1. The maximum Gasteiger partial charge on any atom is 0.391 e. The Kier molecular flexibility index (Phi) is 3.72. The third-order valence-electron chi connectivity index (χ3n) is 4.58. The van der Waals surface area contributed by atoms with E-state index in [1.54, 1.807) is 12.1 Å². The Morgan fingerprint density at radius 3 is 2.52 bits per heavy atom. The van der Waals surface area contributed by atoms with Gasteiger partial charge in [-0.2, -0.15) is 13.2 Å². The Labute approximate surface area is 129 Å². The average molecular weight is 365 g/mol. The quantitative estimate of drug-likeness (QED) is 0.719. The van der Waals surface area contributed by atoms with Crippen LogP contribution in [0.3, 0.4) is 0 Å². The van der Waals surface area contributed by atoms with Crippen LogP contribution in [-0.2, 0) is 0 Å². The summed E-state index contributed by atoms with van der Waals surface area (Å²) in [6.07, 6.45) is -3.63.